The van der Waals surface area contributed by atoms with E-state index in [9.17, 15) is 0 Å². The van der Waals surface area contributed by atoms with E-state index in [1.807, 2.05) is 0 Å². The van der Waals surface area contributed by atoms with E-state index in [1.54, 1.807) is 11.7 Å². The Bertz CT molecular complexity index is 259. The Kier molecular flexibility index (Phi) is 3.48. The van der Waals surface area contributed by atoms with Gasteiger partial charge in [0, 0.05) is 19.0 Å². The predicted octanol–water partition coefficient (Wildman–Crippen LogP) is 0.885. The highest BCUT2D eigenvalue weighted by molar-refractivity contribution is 6.18. The molecule has 0 aromatic carbocycles. The number of hydrogen-bond acceptors (Lipinski definition) is 4. The summed E-state index contributed by atoms with van der Waals surface area (Å²) in [5.74, 6) is 1.65. The van der Waals surface area contributed by atoms with Crippen molar-refractivity contribution in [2.24, 2.45) is 13.0 Å². The van der Waals surface area contributed by atoms with Gasteiger partial charge < -0.3 is 5.32 Å². The van der Waals surface area contributed by atoms with Crippen LogP contribution in [0.1, 0.15) is 13.8 Å². The van der Waals surface area contributed by atoms with E-state index in [2.05, 4.69) is 34.7 Å². The monoisotopic (exact) mass is 203 g/mol. The molecule has 0 aliphatic carbocycles. The van der Waals surface area contributed by atoms with Crippen molar-refractivity contribution in [2.45, 2.75) is 19.9 Å². The van der Waals surface area contributed by atoms with Crippen LogP contribution in [0.3, 0.4) is 0 Å². The maximum atomic E-state index is 5.79. The van der Waals surface area contributed by atoms with Crippen LogP contribution in [-0.4, -0.2) is 32.1 Å². The molecule has 0 aliphatic rings. The zero-order valence-corrected chi connectivity index (χ0v) is 8.78. The lowest BCUT2D eigenvalue weighted by molar-refractivity contribution is 0.556. The molecule has 0 bridgehead atoms. The summed E-state index contributed by atoms with van der Waals surface area (Å²) in [4.78, 5) is 0. The van der Waals surface area contributed by atoms with Gasteiger partial charge in [0.25, 0.3) is 0 Å². The molecule has 0 aliphatic heterocycles. The van der Waals surface area contributed by atoms with Gasteiger partial charge in [-0.1, -0.05) is 18.9 Å². The van der Waals surface area contributed by atoms with Gasteiger partial charge in [-0.3, -0.25) is 0 Å². The summed E-state index contributed by atoms with van der Waals surface area (Å²) in [7, 11) is 1.79. The van der Waals surface area contributed by atoms with Crippen molar-refractivity contribution in [2.75, 3.05) is 11.2 Å². The van der Waals surface area contributed by atoms with Crippen molar-refractivity contribution in [3.8, 4) is 0 Å². The first kappa shape index (κ1) is 10.2. The number of nitrogens with zero attached hydrogens (tertiary/aromatic N) is 4. The summed E-state index contributed by atoms with van der Waals surface area (Å²) in [6.07, 6.45) is 0. The van der Waals surface area contributed by atoms with Crippen LogP contribution in [0.4, 0.5) is 5.95 Å². The van der Waals surface area contributed by atoms with Crippen LogP contribution in [0, 0.1) is 5.92 Å². The van der Waals surface area contributed by atoms with Gasteiger partial charge >= 0.3 is 0 Å². The minimum absolute atomic E-state index is 0.200. The highest BCUT2D eigenvalue weighted by Gasteiger charge is 2.14. The molecule has 0 spiro atoms. The minimum Gasteiger partial charge on any atom is -0.349 e. The molecule has 13 heavy (non-hydrogen) atoms. The van der Waals surface area contributed by atoms with Crippen molar-refractivity contribution in [3.63, 3.8) is 0 Å². The van der Waals surface area contributed by atoms with Crippen molar-refractivity contribution in [1.82, 2.24) is 20.2 Å². The Morgan fingerprint density at radius 3 is 2.62 bits per heavy atom. The zero-order valence-electron chi connectivity index (χ0n) is 8.03. The molecule has 0 radical (unpaired) electrons. The lowest BCUT2D eigenvalue weighted by Gasteiger charge is -2.19. The number of alkyl halides is 1. The van der Waals surface area contributed by atoms with Crippen molar-refractivity contribution in [1.29, 1.82) is 0 Å². The molecule has 1 heterocycles. The number of tetrazole rings is 1. The Hall–Kier alpha value is -0.840. The molecule has 1 unspecified atom stereocenters. The van der Waals surface area contributed by atoms with Gasteiger partial charge in [-0.2, -0.15) is 0 Å². The third kappa shape index (κ3) is 2.55. The lowest BCUT2D eigenvalue weighted by Crippen LogP contribution is -2.28. The molecule has 5 nitrogen and oxygen atoms in total. The number of aromatic nitrogens is 4. The number of aryl methyl sites for hydroxylation is 1. The molecular formula is C7H14ClN5. The molecule has 1 rings (SSSR count). The van der Waals surface area contributed by atoms with Crippen molar-refractivity contribution in [3.05, 3.63) is 0 Å². The number of hydrogen-bond donors (Lipinski definition) is 1. The molecule has 1 N–H and O–H groups in total. The largest absolute Gasteiger partial charge is 0.349 e. The summed E-state index contributed by atoms with van der Waals surface area (Å²) in [5.41, 5.74) is 0. The number of rotatable bonds is 4. The van der Waals surface area contributed by atoms with Gasteiger partial charge in [0.1, 0.15) is 0 Å². The normalized spacial score (nSPS) is 13.3. The first-order chi connectivity index (χ1) is 6.15. The quantitative estimate of drug-likeness (QED) is 0.739. The van der Waals surface area contributed by atoms with E-state index in [1.165, 1.54) is 0 Å². The summed E-state index contributed by atoms with van der Waals surface area (Å²) in [5, 5.41) is 14.2. The molecule has 0 saturated heterocycles. The van der Waals surface area contributed by atoms with Gasteiger partial charge in [-0.15, -0.1) is 11.6 Å². The Labute approximate surface area is 82.5 Å². The average Bonchev–Trinajstić information content (AvgIpc) is 2.46. The van der Waals surface area contributed by atoms with E-state index in [0.717, 1.165) is 0 Å². The third-order valence-electron chi connectivity index (χ3n) is 1.91. The fourth-order valence-electron chi connectivity index (χ4n) is 0.901. The molecule has 6 heteroatoms. The molecule has 0 amide bonds. The zero-order chi connectivity index (χ0) is 9.84. The number of halogens is 1. The summed E-state index contributed by atoms with van der Waals surface area (Å²) in [6.45, 7) is 4.20. The fraction of sp³-hybridized carbons (Fsp3) is 0.857. The topological polar surface area (TPSA) is 55.6 Å². The average molecular weight is 204 g/mol. The highest BCUT2D eigenvalue weighted by Crippen LogP contribution is 2.09. The molecule has 0 saturated carbocycles. The summed E-state index contributed by atoms with van der Waals surface area (Å²) < 4.78 is 1.59. The van der Waals surface area contributed by atoms with Gasteiger partial charge in [0.2, 0.25) is 5.95 Å². The van der Waals surface area contributed by atoms with Gasteiger partial charge in [0.05, 0.1) is 0 Å². The molecule has 0 fully saturated rings. The summed E-state index contributed by atoms with van der Waals surface area (Å²) in [6, 6.07) is 0.200. The lowest BCUT2D eigenvalue weighted by atomic mass is 10.1. The van der Waals surface area contributed by atoms with Crippen LogP contribution in [-0.2, 0) is 7.05 Å². The van der Waals surface area contributed by atoms with E-state index in [0.29, 0.717) is 17.7 Å². The van der Waals surface area contributed by atoms with Crippen LogP contribution in [0.25, 0.3) is 0 Å². The standard InChI is InChI=1S/C7H14ClN5/c1-5(2)6(4-8)9-7-10-11-12-13(7)3/h5-6H,4H2,1-3H3,(H,9,10,12). The van der Waals surface area contributed by atoms with Crippen LogP contribution in [0.2, 0.25) is 0 Å². The Morgan fingerprint density at radius 1 is 1.54 bits per heavy atom. The van der Waals surface area contributed by atoms with Crippen molar-refractivity contribution < 1.29 is 0 Å². The molecule has 1 aromatic rings. The number of anilines is 1. The minimum atomic E-state index is 0.200. The second-order valence-electron chi connectivity index (χ2n) is 3.28. The predicted molar refractivity (Wildman–Crippen MR) is 51.8 cm³/mol. The molecular weight excluding hydrogens is 190 g/mol. The molecule has 1 aromatic heterocycles. The number of nitrogens with one attached hydrogen (secondary N) is 1. The van der Waals surface area contributed by atoms with Gasteiger partial charge in [0.15, 0.2) is 0 Å². The van der Waals surface area contributed by atoms with Crippen LogP contribution < -0.4 is 5.32 Å². The van der Waals surface area contributed by atoms with Gasteiger partial charge in [-0.05, 0) is 16.3 Å². The summed E-state index contributed by atoms with van der Waals surface area (Å²) >= 11 is 5.79. The first-order valence-corrected chi connectivity index (χ1v) is 4.73. The van der Waals surface area contributed by atoms with Crippen molar-refractivity contribution >= 4 is 17.5 Å². The third-order valence-corrected chi connectivity index (χ3v) is 2.24. The fourth-order valence-corrected chi connectivity index (χ4v) is 1.33. The maximum Gasteiger partial charge on any atom is 0.242 e. The van der Waals surface area contributed by atoms with Gasteiger partial charge in [-0.25, -0.2) is 4.68 Å². The van der Waals surface area contributed by atoms with Crippen LogP contribution in [0.15, 0.2) is 0 Å². The second kappa shape index (κ2) is 4.41. The van der Waals surface area contributed by atoms with E-state index < -0.39 is 0 Å². The smallest absolute Gasteiger partial charge is 0.242 e. The second-order valence-corrected chi connectivity index (χ2v) is 3.58. The molecule has 1 atom stereocenters. The van der Waals surface area contributed by atoms with Crippen LogP contribution in [0.5, 0.6) is 0 Å². The molecule has 74 valence electrons. The van der Waals surface area contributed by atoms with E-state index >= 15 is 0 Å². The van der Waals surface area contributed by atoms with E-state index in [-0.39, 0.29) is 6.04 Å². The Morgan fingerprint density at radius 2 is 2.23 bits per heavy atom. The van der Waals surface area contributed by atoms with E-state index in [4.69, 9.17) is 11.6 Å². The SMILES string of the molecule is CC(C)C(CCl)Nc1nnnn1C. The maximum absolute atomic E-state index is 5.79. The first-order valence-electron chi connectivity index (χ1n) is 4.20. The Balaban J connectivity index is 2.62. The van der Waals surface area contributed by atoms with Crippen LogP contribution >= 0.6 is 11.6 Å². The highest BCUT2D eigenvalue weighted by atomic mass is 35.5.